The SMILES string of the molecule is O=C1CCCN1C(=O)CSc1nnc(-c2ccccc2)o1. The van der Waals surface area contributed by atoms with Crippen molar-refractivity contribution in [3.05, 3.63) is 30.3 Å². The molecule has 1 saturated heterocycles. The molecule has 1 fully saturated rings. The average Bonchev–Trinajstić information content (AvgIpc) is 3.15. The number of hydrogen-bond donors (Lipinski definition) is 0. The van der Waals surface area contributed by atoms with Gasteiger partial charge in [0.1, 0.15) is 0 Å². The van der Waals surface area contributed by atoms with Crippen molar-refractivity contribution in [2.45, 2.75) is 18.1 Å². The Kier molecular flexibility index (Phi) is 4.01. The molecule has 0 bridgehead atoms. The zero-order chi connectivity index (χ0) is 14.7. The molecule has 2 aromatic rings. The van der Waals surface area contributed by atoms with Crippen LogP contribution in [0.3, 0.4) is 0 Å². The number of nitrogens with zero attached hydrogens (tertiary/aromatic N) is 3. The molecule has 21 heavy (non-hydrogen) atoms. The maximum atomic E-state index is 11.9. The minimum Gasteiger partial charge on any atom is -0.411 e. The van der Waals surface area contributed by atoms with Crippen molar-refractivity contribution in [2.24, 2.45) is 0 Å². The summed E-state index contributed by atoms with van der Waals surface area (Å²) in [5.74, 6) is 0.239. The molecule has 2 heterocycles. The molecule has 1 aliphatic rings. The molecule has 0 unspecified atom stereocenters. The molecule has 0 spiro atoms. The third-order valence-corrected chi connectivity index (χ3v) is 3.92. The first-order valence-corrected chi connectivity index (χ1v) is 7.57. The molecule has 3 rings (SSSR count). The van der Waals surface area contributed by atoms with Crippen molar-refractivity contribution in [3.8, 4) is 11.5 Å². The molecule has 1 aromatic heterocycles. The zero-order valence-corrected chi connectivity index (χ0v) is 12.0. The normalized spacial score (nSPS) is 14.7. The fourth-order valence-corrected chi connectivity index (χ4v) is 2.72. The summed E-state index contributed by atoms with van der Waals surface area (Å²) in [6.07, 6.45) is 1.20. The van der Waals surface area contributed by atoms with Gasteiger partial charge in [-0.2, -0.15) is 0 Å². The van der Waals surface area contributed by atoms with E-state index in [1.165, 1.54) is 4.90 Å². The highest BCUT2D eigenvalue weighted by molar-refractivity contribution is 7.99. The highest BCUT2D eigenvalue weighted by Crippen LogP contribution is 2.23. The van der Waals surface area contributed by atoms with Gasteiger partial charge in [-0.3, -0.25) is 14.5 Å². The Morgan fingerprint density at radius 2 is 2.10 bits per heavy atom. The fraction of sp³-hybridized carbons (Fsp3) is 0.286. The van der Waals surface area contributed by atoms with Crippen LogP contribution in [0.5, 0.6) is 0 Å². The van der Waals surface area contributed by atoms with E-state index in [0.29, 0.717) is 24.1 Å². The van der Waals surface area contributed by atoms with Crippen LogP contribution in [-0.4, -0.2) is 39.2 Å². The molecule has 108 valence electrons. The van der Waals surface area contributed by atoms with Crippen molar-refractivity contribution in [3.63, 3.8) is 0 Å². The highest BCUT2D eigenvalue weighted by atomic mass is 32.2. The maximum Gasteiger partial charge on any atom is 0.277 e. The predicted octanol–water partition coefficient (Wildman–Crippen LogP) is 1.98. The summed E-state index contributed by atoms with van der Waals surface area (Å²) in [7, 11) is 0. The van der Waals surface area contributed by atoms with Crippen LogP contribution in [0.2, 0.25) is 0 Å². The van der Waals surface area contributed by atoms with Crippen LogP contribution < -0.4 is 0 Å². The zero-order valence-electron chi connectivity index (χ0n) is 11.2. The Morgan fingerprint density at radius 3 is 2.81 bits per heavy atom. The number of carbonyl (C=O) groups is 2. The third-order valence-electron chi connectivity index (χ3n) is 3.12. The molecule has 2 amide bonds. The van der Waals surface area contributed by atoms with E-state index in [1.807, 2.05) is 30.3 Å². The van der Waals surface area contributed by atoms with Crippen LogP contribution >= 0.6 is 11.8 Å². The molecule has 1 aliphatic heterocycles. The van der Waals surface area contributed by atoms with Gasteiger partial charge in [0.15, 0.2) is 0 Å². The standard InChI is InChI=1S/C14H13N3O3S/c18-11-7-4-8-17(11)12(19)9-21-14-16-15-13(20-14)10-5-2-1-3-6-10/h1-3,5-6H,4,7-9H2. The van der Waals surface area contributed by atoms with Crippen molar-refractivity contribution < 1.29 is 14.0 Å². The lowest BCUT2D eigenvalue weighted by Gasteiger charge is -2.11. The van der Waals surface area contributed by atoms with E-state index < -0.39 is 0 Å². The Morgan fingerprint density at radius 1 is 1.29 bits per heavy atom. The summed E-state index contributed by atoms with van der Waals surface area (Å²) in [5, 5.41) is 8.18. The summed E-state index contributed by atoms with van der Waals surface area (Å²) in [6.45, 7) is 0.511. The van der Waals surface area contributed by atoms with Gasteiger partial charge in [0, 0.05) is 18.5 Å². The number of benzene rings is 1. The second-order valence-electron chi connectivity index (χ2n) is 4.57. The summed E-state index contributed by atoms with van der Waals surface area (Å²) in [6, 6.07) is 9.41. The molecule has 1 aromatic carbocycles. The van der Waals surface area contributed by atoms with Gasteiger partial charge in [-0.25, -0.2) is 0 Å². The molecule has 0 aliphatic carbocycles. The summed E-state index contributed by atoms with van der Waals surface area (Å²) >= 11 is 1.15. The van der Waals surface area contributed by atoms with Crippen LogP contribution in [0.1, 0.15) is 12.8 Å². The van der Waals surface area contributed by atoms with Crippen molar-refractivity contribution in [1.29, 1.82) is 0 Å². The summed E-state index contributed by atoms with van der Waals surface area (Å²) < 4.78 is 5.49. The molecule has 0 atom stereocenters. The van der Waals surface area contributed by atoms with E-state index in [9.17, 15) is 9.59 Å². The topological polar surface area (TPSA) is 76.3 Å². The lowest BCUT2D eigenvalue weighted by Crippen LogP contribution is -2.33. The van der Waals surface area contributed by atoms with Crippen LogP contribution in [0, 0.1) is 0 Å². The fourth-order valence-electron chi connectivity index (χ4n) is 2.08. The summed E-state index contributed by atoms with van der Waals surface area (Å²) in [5.41, 5.74) is 0.831. The van der Waals surface area contributed by atoms with Crippen LogP contribution in [0.15, 0.2) is 40.0 Å². The van der Waals surface area contributed by atoms with E-state index in [0.717, 1.165) is 23.7 Å². The molecule has 7 heteroatoms. The molecular weight excluding hydrogens is 290 g/mol. The number of hydrogen-bond acceptors (Lipinski definition) is 6. The Labute approximate surface area is 125 Å². The van der Waals surface area contributed by atoms with E-state index in [2.05, 4.69) is 10.2 Å². The van der Waals surface area contributed by atoms with Gasteiger partial charge in [0.05, 0.1) is 5.75 Å². The molecule has 0 radical (unpaired) electrons. The van der Waals surface area contributed by atoms with Crippen LogP contribution in [0.25, 0.3) is 11.5 Å². The van der Waals surface area contributed by atoms with E-state index in [4.69, 9.17) is 4.42 Å². The number of amides is 2. The number of rotatable bonds is 4. The monoisotopic (exact) mass is 303 g/mol. The lowest BCUT2D eigenvalue weighted by atomic mass is 10.2. The molecule has 0 N–H and O–H groups in total. The highest BCUT2D eigenvalue weighted by Gasteiger charge is 2.26. The van der Waals surface area contributed by atoms with Crippen molar-refractivity contribution in [2.75, 3.05) is 12.3 Å². The first-order valence-electron chi connectivity index (χ1n) is 6.59. The first kappa shape index (κ1) is 13.8. The maximum absolute atomic E-state index is 11.9. The number of aromatic nitrogens is 2. The Bertz CT molecular complexity index is 656. The molecule has 0 saturated carbocycles. The number of likely N-dealkylation sites (tertiary alicyclic amines) is 1. The first-order chi connectivity index (χ1) is 10.2. The number of carbonyl (C=O) groups excluding carboxylic acids is 2. The van der Waals surface area contributed by atoms with E-state index in [-0.39, 0.29) is 17.6 Å². The second-order valence-corrected chi connectivity index (χ2v) is 5.50. The van der Waals surface area contributed by atoms with Gasteiger partial charge in [-0.05, 0) is 18.6 Å². The predicted molar refractivity (Wildman–Crippen MR) is 76.4 cm³/mol. The quantitative estimate of drug-likeness (QED) is 0.804. The van der Waals surface area contributed by atoms with E-state index >= 15 is 0 Å². The average molecular weight is 303 g/mol. The van der Waals surface area contributed by atoms with E-state index in [1.54, 1.807) is 0 Å². The van der Waals surface area contributed by atoms with Crippen LogP contribution in [-0.2, 0) is 9.59 Å². The molecule has 6 nitrogen and oxygen atoms in total. The van der Waals surface area contributed by atoms with Crippen LogP contribution in [0.4, 0.5) is 0 Å². The molecular formula is C14H13N3O3S. The Balaban J connectivity index is 1.60. The number of thioether (sulfide) groups is 1. The van der Waals surface area contributed by atoms with Gasteiger partial charge in [-0.15, -0.1) is 10.2 Å². The minimum absolute atomic E-state index is 0.101. The summed E-state index contributed by atoms with van der Waals surface area (Å²) in [4.78, 5) is 24.7. The largest absolute Gasteiger partial charge is 0.411 e. The van der Waals surface area contributed by atoms with Gasteiger partial charge >= 0.3 is 0 Å². The van der Waals surface area contributed by atoms with Gasteiger partial charge in [0.2, 0.25) is 17.7 Å². The van der Waals surface area contributed by atoms with Gasteiger partial charge in [0.25, 0.3) is 5.22 Å². The van der Waals surface area contributed by atoms with Gasteiger partial charge in [-0.1, -0.05) is 30.0 Å². The lowest BCUT2D eigenvalue weighted by molar-refractivity contribution is -0.140. The second kappa shape index (κ2) is 6.09. The minimum atomic E-state index is -0.207. The van der Waals surface area contributed by atoms with Gasteiger partial charge < -0.3 is 4.42 Å². The Hall–Kier alpha value is -2.15. The van der Waals surface area contributed by atoms with Crippen molar-refractivity contribution in [1.82, 2.24) is 15.1 Å². The van der Waals surface area contributed by atoms with Crippen molar-refractivity contribution >= 4 is 23.6 Å². The number of imide groups is 1. The smallest absolute Gasteiger partial charge is 0.277 e. The third kappa shape index (κ3) is 3.13.